The van der Waals surface area contributed by atoms with Crippen molar-refractivity contribution < 1.29 is 14.7 Å². The monoisotopic (exact) mass is 440 g/mol. The molecule has 1 aliphatic carbocycles. The molecule has 0 bridgehead atoms. The van der Waals surface area contributed by atoms with E-state index in [4.69, 9.17) is 0 Å². The Labute approximate surface area is 194 Å². The molecule has 1 amide bonds. The zero-order chi connectivity index (χ0) is 23.5. The number of aliphatic hydroxyl groups excluding tert-OH is 1. The van der Waals surface area contributed by atoms with Crippen LogP contribution in [0, 0.1) is 17.8 Å². The highest BCUT2D eigenvalue weighted by molar-refractivity contribution is 5.97. The first-order valence-electron chi connectivity index (χ1n) is 11.2. The van der Waals surface area contributed by atoms with Crippen molar-refractivity contribution in [2.24, 2.45) is 5.92 Å². The number of ketones is 1. The molecule has 2 aromatic rings. The van der Waals surface area contributed by atoms with Gasteiger partial charge in [0.25, 0.3) is 5.91 Å². The lowest BCUT2D eigenvalue weighted by Gasteiger charge is -2.22. The van der Waals surface area contributed by atoms with Gasteiger partial charge in [-0.05, 0) is 74.2 Å². The van der Waals surface area contributed by atoms with Gasteiger partial charge in [-0.2, -0.15) is 0 Å². The summed E-state index contributed by atoms with van der Waals surface area (Å²) in [5.41, 5.74) is 4.51. The number of Topliss-reactive ketones (excluding diaryl/α,β-unsaturated/α-hetero) is 1. The summed E-state index contributed by atoms with van der Waals surface area (Å²) in [5, 5.41) is 12.2. The van der Waals surface area contributed by atoms with Gasteiger partial charge >= 0.3 is 0 Å². The van der Waals surface area contributed by atoms with Crippen LogP contribution in [0.2, 0.25) is 0 Å². The number of benzene rings is 2. The van der Waals surface area contributed by atoms with E-state index >= 15 is 0 Å². The fraction of sp³-hybridized carbons (Fsp3) is 0.286. The molecule has 1 aliphatic heterocycles. The summed E-state index contributed by atoms with van der Waals surface area (Å²) in [4.78, 5) is 26.3. The Hall–Kier alpha value is -3.62. The lowest BCUT2D eigenvalue weighted by molar-refractivity contribution is -0.121. The van der Waals surface area contributed by atoms with Crippen LogP contribution in [0.25, 0.3) is 5.70 Å². The first-order valence-corrected chi connectivity index (χ1v) is 11.2. The van der Waals surface area contributed by atoms with E-state index < -0.39 is 18.1 Å². The molecule has 4 atom stereocenters. The molecule has 0 saturated heterocycles. The van der Waals surface area contributed by atoms with Gasteiger partial charge in [0, 0.05) is 35.5 Å². The van der Waals surface area contributed by atoms with Crippen molar-refractivity contribution in [1.29, 1.82) is 0 Å². The van der Waals surface area contributed by atoms with E-state index in [9.17, 15) is 14.7 Å². The molecule has 2 N–H and O–H groups in total. The highest BCUT2D eigenvalue weighted by Crippen LogP contribution is 2.41. The molecule has 0 aromatic heterocycles. The summed E-state index contributed by atoms with van der Waals surface area (Å²) in [6.07, 6.45) is 6.89. The molecular weight excluding hydrogens is 412 g/mol. The molecule has 33 heavy (non-hydrogen) atoms. The van der Waals surface area contributed by atoms with Crippen molar-refractivity contribution in [2.45, 2.75) is 38.5 Å². The second-order valence-electron chi connectivity index (χ2n) is 8.72. The molecule has 2 aromatic carbocycles. The highest BCUT2D eigenvalue weighted by atomic mass is 16.3. The van der Waals surface area contributed by atoms with Crippen LogP contribution < -0.4 is 5.32 Å². The quantitative estimate of drug-likeness (QED) is 0.700. The molecule has 0 spiro atoms. The second kappa shape index (κ2) is 9.48. The summed E-state index contributed by atoms with van der Waals surface area (Å²) in [6, 6.07) is 14.8. The van der Waals surface area contributed by atoms with Crippen LogP contribution >= 0.6 is 0 Å². The summed E-state index contributed by atoms with van der Waals surface area (Å²) < 4.78 is 0. The molecule has 1 saturated carbocycles. The van der Waals surface area contributed by atoms with Crippen molar-refractivity contribution in [3.63, 3.8) is 0 Å². The van der Waals surface area contributed by atoms with Crippen molar-refractivity contribution in [2.75, 3.05) is 7.05 Å². The summed E-state index contributed by atoms with van der Waals surface area (Å²) in [7, 11) is 2.16. The van der Waals surface area contributed by atoms with Crippen LogP contribution in [0.1, 0.15) is 47.3 Å². The maximum Gasteiger partial charge on any atom is 0.251 e. The fourth-order valence-electron chi connectivity index (χ4n) is 4.10. The van der Waals surface area contributed by atoms with E-state index in [2.05, 4.69) is 59.5 Å². The Morgan fingerprint density at radius 1 is 1.06 bits per heavy atom. The molecule has 168 valence electrons. The largest absolute Gasteiger partial charge is 0.391 e. The molecule has 1 heterocycles. The van der Waals surface area contributed by atoms with Crippen LogP contribution in [-0.4, -0.2) is 46.9 Å². The minimum absolute atomic E-state index is 0.290. The normalized spacial score (nSPS) is 20.4. The Bertz CT molecular complexity index is 1160. The molecule has 0 radical (unpaired) electrons. The topological polar surface area (TPSA) is 69.6 Å². The number of carbonyl (C=O) groups is 2. The maximum absolute atomic E-state index is 12.4. The SMILES string of the molecule is CC(=O)[C@@H](NC(=O)c1ccc(C#Cc2ccc(C3=CC=CC4CC4N3C)cc2)cc1)[C@@H](C)O. The molecule has 5 heteroatoms. The molecule has 1 fully saturated rings. The first-order chi connectivity index (χ1) is 15.8. The Balaban J connectivity index is 1.41. The zero-order valence-corrected chi connectivity index (χ0v) is 19.1. The molecule has 2 aliphatic rings. The number of carbonyl (C=O) groups excluding carboxylic acids is 2. The lowest BCUT2D eigenvalue weighted by atomic mass is 10.1. The third kappa shape index (κ3) is 5.24. The van der Waals surface area contributed by atoms with E-state index in [0.717, 1.165) is 11.1 Å². The van der Waals surface area contributed by atoms with Gasteiger partial charge in [0.2, 0.25) is 0 Å². The van der Waals surface area contributed by atoms with Gasteiger partial charge in [-0.25, -0.2) is 0 Å². The van der Waals surface area contributed by atoms with Crippen molar-refractivity contribution >= 4 is 17.4 Å². The summed E-state index contributed by atoms with van der Waals surface area (Å²) in [6.45, 7) is 2.82. The number of amides is 1. The van der Waals surface area contributed by atoms with Crippen molar-refractivity contribution in [3.8, 4) is 11.8 Å². The number of fused-ring (bicyclic) bond motifs is 1. The number of rotatable bonds is 5. The smallest absolute Gasteiger partial charge is 0.251 e. The fourth-order valence-corrected chi connectivity index (χ4v) is 4.10. The van der Waals surface area contributed by atoms with Crippen LogP contribution in [0.3, 0.4) is 0 Å². The number of allylic oxidation sites excluding steroid dienone is 2. The van der Waals surface area contributed by atoms with Crippen LogP contribution in [0.5, 0.6) is 0 Å². The predicted molar refractivity (Wildman–Crippen MR) is 129 cm³/mol. The van der Waals surface area contributed by atoms with E-state index in [1.54, 1.807) is 24.3 Å². The lowest BCUT2D eigenvalue weighted by Crippen LogP contribution is -2.46. The Morgan fingerprint density at radius 2 is 1.67 bits per heavy atom. The number of nitrogens with zero attached hydrogens (tertiary/aromatic N) is 1. The van der Waals surface area contributed by atoms with Crippen LogP contribution in [0.4, 0.5) is 0 Å². The predicted octanol–water partition coefficient (Wildman–Crippen LogP) is 3.39. The van der Waals surface area contributed by atoms with Crippen molar-refractivity contribution in [1.82, 2.24) is 10.2 Å². The zero-order valence-electron chi connectivity index (χ0n) is 19.1. The van der Waals surface area contributed by atoms with Gasteiger partial charge in [0.05, 0.1) is 6.10 Å². The summed E-state index contributed by atoms with van der Waals surface area (Å²) in [5.74, 6) is 6.28. The van der Waals surface area contributed by atoms with E-state index in [1.807, 2.05) is 12.1 Å². The van der Waals surface area contributed by atoms with Gasteiger partial charge in [-0.3, -0.25) is 9.59 Å². The van der Waals surface area contributed by atoms with Crippen LogP contribution in [-0.2, 0) is 4.79 Å². The molecular formula is C28H28N2O3. The van der Waals surface area contributed by atoms with E-state index in [-0.39, 0.29) is 5.78 Å². The van der Waals surface area contributed by atoms with E-state index in [0.29, 0.717) is 17.5 Å². The maximum atomic E-state index is 12.4. The first kappa shape index (κ1) is 22.6. The van der Waals surface area contributed by atoms with Crippen LogP contribution in [0.15, 0.2) is 66.8 Å². The Kier molecular flexibility index (Phi) is 6.48. The minimum atomic E-state index is -0.954. The number of hydrogen-bond donors (Lipinski definition) is 2. The average molecular weight is 441 g/mol. The standard InChI is InChI=1S/C28H28N2O3/c1-18(31)27(19(2)32)29-28(33)23-15-11-21(12-16-23)8-7-20-9-13-22(14-10-20)25-6-4-5-24-17-26(24)30(25)3/h4-6,9-16,18,24,26-27,31H,17H2,1-3H3,(H,29,33)/t18-,24?,26?,27+/m1/s1. The average Bonchev–Trinajstić information content (AvgIpc) is 3.59. The van der Waals surface area contributed by atoms with Gasteiger partial charge in [0.1, 0.15) is 6.04 Å². The molecule has 4 rings (SSSR count). The van der Waals surface area contributed by atoms with Gasteiger partial charge in [0.15, 0.2) is 5.78 Å². The van der Waals surface area contributed by atoms with Gasteiger partial charge in [-0.1, -0.05) is 36.1 Å². The Morgan fingerprint density at radius 3 is 2.24 bits per heavy atom. The minimum Gasteiger partial charge on any atom is -0.391 e. The third-order valence-electron chi connectivity index (χ3n) is 6.18. The molecule has 2 unspecified atom stereocenters. The second-order valence-corrected chi connectivity index (χ2v) is 8.72. The van der Waals surface area contributed by atoms with E-state index in [1.165, 1.54) is 31.5 Å². The van der Waals surface area contributed by atoms with Gasteiger partial charge < -0.3 is 15.3 Å². The van der Waals surface area contributed by atoms with Gasteiger partial charge in [-0.15, -0.1) is 0 Å². The number of aliphatic hydroxyl groups is 1. The number of nitrogens with one attached hydrogen (secondary N) is 1. The highest BCUT2D eigenvalue weighted by Gasteiger charge is 2.40. The molecule has 5 nitrogen and oxygen atoms in total. The summed E-state index contributed by atoms with van der Waals surface area (Å²) >= 11 is 0. The number of hydrogen-bond acceptors (Lipinski definition) is 4. The van der Waals surface area contributed by atoms with Crippen molar-refractivity contribution in [3.05, 3.63) is 89.0 Å². The third-order valence-corrected chi connectivity index (χ3v) is 6.18.